The van der Waals surface area contributed by atoms with Crippen molar-refractivity contribution in [2.45, 2.75) is 52.1 Å². The van der Waals surface area contributed by atoms with Crippen LogP contribution in [0.1, 0.15) is 54.2 Å². The molecule has 0 aliphatic carbocycles. The molecular weight excluding hydrogens is 340 g/mol. The molecule has 4 heterocycles. The van der Waals surface area contributed by atoms with Gasteiger partial charge in [-0.1, -0.05) is 12.8 Å². The summed E-state index contributed by atoms with van der Waals surface area (Å²) in [4.78, 5) is 19.3. The van der Waals surface area contributed by atoms with E-state index in [1.54, 1.807) is 6.20 Å². The van der Waals surface area contributed by atoms with Crippen LogP contribution in [0.4, 0.5) is 4.79 Å². The van der Waals surface area contributed by atoms with Crippen LogP contribution in [-0.4, -0.2) is 37.1 Å². The number of aromatic nitrogens is 4. The smallest absolute Gasteiger partial charge is 0.318 e. The molecule has 2 N–H and O–H groups in total. The Morgan fingerprint density at radius 2 is 2.19 bits per heavy atom. The van der Waals surface area contributed by atoms with Gasteiger partial charge in [0.1, 0.15) is 5.65 Å². The van der Waals surface area contributed by atoms with Gasteiger partial charge in [0.05, 0.1) is 11.7 Å². The van der Waals surface area contributed by atoms with Crippen LogP contribution < -0.4 is 5.32 Å². The molecule has 1 unspecified atom stereocenters. The lowest BCUT2D eigenvalue weighted by atomic mass is 9.99. The first-order valence-corrected chi connectivity index (χ1v) is 9.61. The third kappa shape index (κ3) is 3.54. The van der Waals surface area contributed by atoms with Crippen molar-refractivity contribution in [2.75, 3.05) is 6.54 Å². The molecule has 1 fully saturated rings. The van der Waals surface area contributed by atoms with Gasteiger partial charge >= 0.3 is 6.03 Å². The van der Waals surface area contributed by atoms with Crippen LogP contribution in [0.15, 0.2) is 30.7 Å². The molecule has 1 aliphatic rings. The summed E-state index contributed by atoms with van der Waals surface area (Å²) in [5, 5.41) is 10.5. The molecular formula is C20H26N6O. The number of hydrogen-bond acceptors (Lipinski definition) is 3. The van der Waals surface area contributed by atoms with Gasteiger partial charge < -0.3 is 14.6 Å². The van der Waals surface area contributed by atoms with Crippen LogP contribution in [0.25, 0.3) is 5.65 Å². The first-order valence-electron chi connectivity index (χ1n) is 9.61. The second-order valence-electron chi connectivity index (χ2n) is 7.29. The largest absolute Gasteiger partial charge is 0.334 e. The Morgan fingerprint density at radius 3 is 3.00 bits per heavy atom. The second kappa shape index (κ2) is 7.42. The number of nitrogens with one attached hydrogen (secondary N) is 2. The number of hydrogen-bond donors (Lipinski definition) is 2. The summed E-state index contributed by atoms with van der Waals surface area (Å²) >= 11 is 0. The van der Waals surface area contributed by atoms with Crippen molar-refractivity contribution >= 4 is 11.7 Å². The van der Waals surface area contributed by atoms with Gasteiger partial charge in [0.15, 0.2) is 0 Å². The van der Waals surface area contributed by atoms with Crippen molar-refractivity contribution in [1.82, 2.24) is 29.8 Å². The van der Waals surface area contributed by atoms with Gasteiger partial charge in [-0.05, 0) is 44.4 Å². The molecule has 0 aromatic carbocycles. The number of fused-ring (bicyclic) bond motifs is 1. The van der Waals surface area contributed by atoms with Crippen LogP contribution in [-0.2, 0) is 6.54 Å². The fraction of sp³-hybridized carbons (Fsp3) is 0.450. The molecule has 2 amide bonds. The van der Waals surface area contributed by atoms with Crippen molar-refractivity contribution in [3.05, 3.63) is 53.2 Å². The molecule has 3 aromatic heterocycles. The summed E-state index contributed by atoms with van der Waals surface area (Å²) in [7, 11) is 0. The van der Waals surface area contributed by atoms with Gasteiger partial charge in [0.2, 0.25) is 0 Å². The molecule has 1 aliphatic heterocycles. The predicted octanol–water partition coefficient (Wildman–Crippen LogP) is 3.50. The Hall–Kier alpha value is -2.83. The van der Waals surface area contributed by atoms with Crippen molar-refractivity contribution in [3.63, 3.8) is 0 Å². The molecule has 142 valence electrons. The van der Waals surface area contributed by atoms with Crippen LogP contribution >= 0.6 is 0 Å². The Balaban J connectivity index is 1.50. The SMILES string of the molecule is Cc1n[nH]c(C)c1C1CCCCCN1C(=O)NCc1ccn2ccnc2c1. The van der Waals surface area contributed by atoms with Crippen molar-refractivity contribution in [3.8, 4) is 0 Å². The number of urea groups is 1. The maximum atomic E-state index is 13.0. The number of H-pyrrole nitrogens is 1. The summed E-state index contributed by atoms with van der Waals surface area (Å²) in [5.74, 6) is 0. The van der Waals surface area contributed by atoms with Gasteiger partial charge in [-0.2, -0.15) is 5.10 Å². The molecule has 0 radical (unpaired) electrons. The first-order chi connectivity index (χ1) is 13.1. The third-order valence-corrected chi connectivity index (χ3v) is 5.44. The van der Waals surface area contributed by atoms with Gasteiger partial charge in [-0.3, -0.25) is 5.10 Å². The highest BCUT2D eigenvalue weighted by Crippen LogP contribution is 2.33. The molecule has 1 saturated heterocycles. The lowest BCUT2D eigenvalue weighted by Crippen LogP contribution is -2.42. The number of pyridine rings is 1. The van der Waals surface area contributed by atoms with Crippen molar-refractivity contribution < 1.29 is 4.79 Å². The Kier molecular flexibility index (Phi) is 4.83. The third-order valence-electron chi connectivity index (χ3n) is 5.44. The number of likely N-dealkylation sites (tertiary alicyclic amines) is 1. The summed E-state index contributed by atoms with van der Waals surface area (Å²) in [6.07, 6.45) is 9.97. The highest BCUT2D eigenvalue weighted by atomic mass is 16.2. The zero-order valence-corrected chi connectivity index (χ0v) is 15.9. The fourth-order valence-corrected chi connectivity index (χ4v) is 4.04. The van der Waals surface area contributed by atoms with E-state index in [4.69, 9.17) is 0 Å². The molecule has 1 atom stereocenters. The standard InChI is InChI=1S/C20H26N6O/c1-14-19(15(2)24-23-14)17-6-4-3-5-9-26(17)20(27)22-13-16-7-10-25-11-8-21-18(25)12-16/h7-8,10-12,17H,3-6,9,13H2,1-2H3,(H,22,27)(H,23,24). The minimum absolute atomic E-state index is 0.00915. The van der Waals surface area contributed by atoms with Gasteiger partial charge in [-0.15, -0.1) is 0 Å². The van der Waals surface area contributed by atoms with E-state index in [0.717, 1.165) is 54.8 Å². The maximum absolute atomic E-state index is 13.0. The summed E-state index contributed by atoms with van der Waals surface area (Å²) in [6.45, 7) is 5.32. The molecule has 0 spiro atoms. The highest BCUT2D eigenvalue weighted by molar-refractivity contribution is 5.75. The summed E-state index contributed by atoms with van der Waals surface area (Å²) < 4.78 is 1.96. The Morgan fingerprint density at radius 1 is 1.30 bits per heavy atom. The number of amides is 2. The van der Waals surface area contributed by atoms with Gasteiger partial charge in [0.25, 0.3) is 0 Å². The number of imidazole rings is 1. The van der Waals surface area contributed by atoms with Crippen molar-refractivity contribution in [1.29, 1.82) is 0 Å². The minimum Gasteiger partial charge on any atom is -0.334 e. The average Bonchev–Trinajstić information content (AvgIpc) is 3.18. The van der Waals surface area contributed by atoms with E-state index >= 15 is 0 Å². The molecule has 3 aromatic rings. The van der Waals surface area contributed by atoms with Crippen LogP contribution in [0.2, 0.25) is 0 Å². The number of nitrogens with zero attached hydrogens (tertiary/aromatic N) is 4. The average molecular weight is 366 g/mol. The summed E-state index contributed by atoms with van der Waals surface area (Å²) in [6, 6.07) is 4.09. The number of rotatable bonds is 3. The fourth-order valence-electron chi connectivity index (χ4n) is 4.04. The van der Waals surface area contributed by atoms with E-state index in [1.807, 2.05) is 47.7 Å². The van der Waals surface area contributed by atoms with Gasteiger partial charge in [-0.25, -0.2) is 9.78 Å². The highest BCUT2D eigenvalue weighted by Gasteiger charge is 2.30. The van der Waals surface area contributed by atoms with E-state index in [1.165, 1.54) is 5.56 Å². The molecule has 0 bridgehead atoms. The van der Waals surface area contributed by atoms with Gasteiger partial charge in [0, 0.05) is 42.9 Å². The van der Waals surface area contributed by atoms with E-state index < -0.39 is 0 Å². The van der Waals surface area contributed by atoms with Crippen LogP contribution in [0.5, 0.6) is 0 Å². The first kappa shape index (κ1) is 17.6. The van der Waals surface area contributed by atoms with Crippen LogP contribution in [0, 0.1) is 13.8 Å². The molecule has 0 saturated carbocycles. The molecule has 7 heteroatoms. The van der Waals surface area contributed by atoms with E-state index in [2.05, 4.69) is 20.5 Å². The summed E-state index contributed by atoms with van der Waals surface area (Å²) in [5.41, 5.74) is 5.15. The Labute approximate surface area is 158 Å². The molecule has 4 rings (SSSR count). The lowest BCUT2D eigenvalue weighted by Gasteiger charge is -2.30. The molecule has 27 heavy (non-hydrogen) atoms. The zero-order chi connectivity index (χ0) is 18.8. The normalized spacial score (nSPS) is 17.9. The predicted molar refractivity (Wildman–Crippen MR) is 103 cm³/mol. The zero-order valence-electron chi connectivity index (χ0n) is 15.9. The number of aromatic amines is 1. The maximum Gasteiger partial charge on any atom is 0.318 e. The molecule has 7 nitrogen and oxygen atoms in total. The van der Waals surface area contributed by atoms with E-state index in [9.17, 15) is 4.79 Å². The van der Waals surface area contributed by atoms with E-state index in [-0.39, 0.29) is 12.1 Å². The monoisotopic (exact) mass is 366 g/mol. The topological polar surface area (TPSA) is 78.3 Å². The number of carbonyl (C=O) groups is 1. The quantitative estimate of drug-likeness (QED) is 0.745. The number of carbonyl (C=O) groups excluding carboxylic acids is 1. The lowest BCUT2D eigenvalue weighted by molar-refractivity contribution is 0.175. The number of aryl methyl sites for hydroxylation is 2. The Bertz CT molecular complexity index is 924. The van der Waals surface area contributed by atoms with Crippen molar-refractivity contribution in [2.24, 2.45) is 0 Å². The minimum atomic E-state index is -0.00915. The second-order valence-corrected chi connectivity index (χ2v) is 7.29. The van der Waals surface area contributed by atoms with Crippen LogP contribution in [0.3, 0.4) is 0 Å². The van der Waals surface area contributed by atoms with E-state index in [0.29, 0.717) is 6.54 Å².